The molecule has 4 rings (SSSR count). The summed E-state index contributed by atoms with van der Waals surface area (Å²) in [5, 5.41) is 11.5. The van der Waals surface area contributed by atoms with Gasteiger partial charge in [-0.3, -0.25) is 0 Å². The van der Waals surface area contributed by atoms with Crippen LogP contribution in [0.1, 0.15) is 18.4 Å². The molecule has 2 aliphatic rings. The van der Waals surface area contributed by atoms with Gasteiger partial charge in [-0.15, -0.1) is 11.3 Å². The zero-order valence-electron chi connectivity index (χ0n) is 11.9. The second-order valence-corrected chi connectivity index (χ2v) is 6.88. The number of thiazole rings is 1. The van der Waals surface area contributed by atoms with E-state index < -0.39 is 0 Å². The van der Waals surface area contributed by atoms with E-state index in [-0.39, 0.29) is 0 Å². The second kappa shape index (κ2) is 4.85. The fourth-order valence-electron chi connectivity index (χ4n) is 3.51. The number of aliphatic hydroxyl groups excluding tert-OH is 1. The number of benzene rings is 1. The van der Waals surface area contributed by atoms with Crippen LogP contribution in [0.15, 0.2) is 54.3 Å². The molecule has 1 aromatic carbocycles. The molecule has 2 aliphatic carbocycles. The van der Waals surface area contributed by atoms with Crippen molar-refractivity contribution in [2.45, 2.75) is 13.3 Å². The Morgan fingerprint density at radius 3 is 2.86 bits per heavy atom. The van der Waals surface area contributed by atoms with Crippen LogP contribution < -0.4 is 0 Å². The molecular formula is C18H17NOS. The first-order valence-corrected chi connectivity index (χ1v) is 8.18. The van der Waals surface area contributed by atoms with Crippen LogP contribution in [0.25, 0.3) is 15.8 Å². The molecule has 106 valence electrons. The second-order valence-electron chi connectivity index (χ2n) is 5.85. The number of hydrogen-bond donors (Lipinski definition) is 1. The minimum atomic E-state index is 0.297. The van der Waals surface area contributed by atoms with Crippen molar-refractivity contribution in [3.05, 3.63) is 59.3 Å². The van der Waals surface area contributed by atoms with Gasteiger partial charge in [0.1, 0.15) is 5.01 Å². The predicted octanol–water partition coefficient (Wildman–Crippen LogP) is 4.96. The number of aromatic nitrogens is 1. The van der Waals surface area contributed by atoms with E-state index in [4.69, 9.17) is 4.98 Å². The quantitative estimate of drug-likeness (QED) is 0.806. The number of hydrogen-bond acceptors (Lipinski definition) is 3. The molecule has 1 N–H and O–H groups in total. The van der Waals surface area contributed by atoms with Crippen LogP contribution in [0.4, 0.5) is 0 Å². The first-order chi connectivity index (χ1) is 10.2. The van der Waals surface area contributed by atoms with Crippen LogP contribution in [-0.4, -0.2) is 10.1 Å². The van der Waals surface area contributed by atoms with Gasteiger partial charge in [0.25, 0.3) is 0 Å². The molecule has 3 unspecified atom stereocenters. The van der Waals surface area contributed by atoms with Crippen molar-refractivity contribution in [2.24, 2.45) is 17.8 Å². The number of allylic oxidation sites excluding steroid dienone is 6. The monoisotopic (exact) mass is 295 g/mol. The summed E-state index contributed by atoms with van der Waals surface area (Å²) in [6, 6.07) is 8.17. The smallest absolute Gasteiger partial charge is 0.124 e. The van der Waals surface area contributed by atoms with Gasteiger partial charge in [0.05, 0.1) is 16.0 Å². The maximum atomic E-state index is 10.5. The Morgan fingerprint density at radius 2 is 2.00 bits per heavy atom. The van der Waals surface area contributed by atoms with E-state index in [9.17, 15) is 5.11 Å². The van der Waals surface area contributed by atoms with E-state index in [0.29, 0.717) is 23.5 Å². The molecule has 0 fully saturated rings. The number of aliphatic hydroxyl groups is 1. The SMILES string of the molecule is CC1C(c2nc3ccccc3s2)=C(O)CC2C=CC=CC21. The lowest BCUT2D eigenvalue weighted by Gasteiger charge is -2.35. The maximum Gasteiger partial charge on any atom is 0.124 e. The van der Waals surface area contributed by atoms with Crippen LogP contribution in [0.2, 0.25) is 0 Å². The van der Waals surface area contributed by atoms with Crippen LogP contribution in [-0.2, 0) is 0 Å². The van der Waals surface area contributed by atoms with E-state index in [1.54, 1.807) is 11.3 Å². The largest absolute Gasteiger partial charge is 0.512 e. The predicted molar refractivity (Wildman–Crippen MR) is 88.2 cm³/mol. The molecule has 0 amide bonds. The van der Waals surface area contributed by atoms with Crippen molar-refractivity contribution in [2.75, 3.05) is 0 Å². The lowest BCUT2D eigenvalue weighted by atomic mass is 9.70. The summed E-state index contributed by atoms with van der Waals surface area (Å²) in [5.41, 5.74) is 2.06. The summed E-state index contributed by atoms with van der Waals surface area (Å²) < 4.78 is 1.18. The van der Waals surface area contributed by atoms with Gasteiger partial charge in [-0.2, -0.15) is 0 Å². The van der Waals surface area contributed by atoms with E-state index in [1.807, 2.05) is 18.2 Å². The average Bonchev–Trinajstić information content (AvgIpc) is 2.90. The van der Waals surface area contributed by atoms with Crippen LogP contribution in [0.5, 0.6) is 0 Å². The number of fused-ring (bicyclic) bond motifs is 2. The van der Waals surface area contributed by atoms with Gasteiger partial charge in [-0.05, 0) is 29.9 Å². The Hall–Kier alpha value is -1.87. The summed E-state index contributed by atoms with van der Waals surface area (Å²) in [4.78, 5) is 4.73. The third-order valence-electron chi connectivity index (χ3n) is 4.59. The van der Waals surface area contributed by atoms with Gasteiger partial charge in [0, 0.05) is 12.0 Å². The molecule has 0 bridgehead atoms. The first-order valence-electron chi connectivity index (χ1n) is 7.37. The Balaban J connectivity index is 1.82. The van der Waals surface area contributed by atoms with Crippen LogP contribution in [0.3, 0.4) is 0 Å². The highest BCUT2D eigenvalue weighted by Crippen LogP contribution is 2.46. The Labute approximate surface area is 128 Å². The van der Waals surface area contributed by atoms with Gasteiger partial charge in [-0.1, -0.05) is 43.4 Å². The zero-order chi connectivity index (χ0) is 14.4. The normalized spacial score (nSPS) is 28.1. The summed E-state index contributed by atoms with van der Waals surface area (Å²) in [5.74, 6) is 1.70. The fraction of sp³-hybridized carbons (Fsp3) is 0.278. The topological polar surface area (TPSA) is 33.1 Å². The minimum Gasteiger partial charge on any atom is -0.512 e. The van der Waals surface area contributed by atoms with Gasteiger partial charge >= 0.3 is 0 Å². The lowest BCUT2D eigenvalue weighted by Crippen LogP contribution is -2.27. The van der Waals surface area contributed by atoms with Crippen LogP contribution >= 0.6 is 11.3 Å². The fourth-order valence-corrected chi connectivity index (χ4v) is 4.64. The summed E-state index contributed by atoms with van der Waals surface area (Å²) in [7, 11) is 0. The van der Waals surface area contributed by atoms with Crippen molar-refractivity contribution in [3.63, 3.8) is 0 Å². The molecule has 0 radical (unpaired) electrons. The van der Waals surface area contributed by atoms with E-state index >= 15 is 0 Å². The van der Waals surface area contributed by atoms with Gasteiger partial charge in [0.2, 0.25) is 0 Å². The number of rotatable bonds is 1. The van der Waals surface area contributed by atoms with E-state index in [2.05, 4.69) is 37.3 Å². The highest BCUT2D eigenvalue weighted by Gasteiger charge is 2.35. The Morgan fingerprint density at radius 1 is 1.19 bits per heavy atom. The molecule has 3 atom stereocenters. The summed E-state index contributed by atoms with van der Waals surface area (Å²) in [6.45, 7) is 2.21. The van der Waals surface area contributed by atoms with E-state index in [1.165, 1.54) is 4.70 Å². The summed E-state index contributed by atoms with van der Waals surface area (Å²) >= 11 is 1.68. The van der Waals surface area contributed by atoms with Gasteiger partial charge in [0.15, 0.2) is 0 Å². The maximum absolute atomic E-state index is 10.5. The molecule has 0 saturated heterocycles. The molecule has 2 aromatic rings. The van der Waals surface area contributed by atoms with Crippen molar-refractivity contribution in [3.8, 4) is 0 Å². The molecule has 0 saturated carbocycles. The van der Waals surface area contributed by atoms with Crippen molar-refractivity contribution < 1.29 is 5.11 Å². The molecule has 0 spiro atoms. The highest BCUT2D eigenvalue weighted by molar-refractivity contribution is 7.19. The van der Waals surface area contributed by atoms with Crippen molar-refractivity contribution >= 4 is 27.1 Å². The molecule has 3 heteroatoms. The molecule has 21 heavy (non-hydrogen) atoms. The number of nitrogens with zero attached hydrogens (tertiary/aromatic N) is 1. The van der Waals surface area contributed by atoms with Crippen molar-refractivity contribution in [1.82, 2.24) is 4.98 Å². The first kappa shape index (κ1) is 12.8. The third kappa shape index (κ3) is 2.04. The molecule has 1 aromatic heterocycles. The molecule has 0 aliphatic heterocycles. The van der Waals surface area contributed by atoms with Gasteiger partial charge in [-0.25, -0.2) is 4.98 Å². The van der Waals surface area contributed by atoms with Gasteiger partial charge < -0.3 is 5.11 Å². The zero-order valence-corrected chi connectivity index (χ0v) is 12.7. The highest BCUT2D eigenvalue weighted by atomic mass is 32.1. The Kier molecular flexibility index (Phi) is 2.96. The minimum absolute atomic E-state index is 0.297. The number of para-hydroxylation sites is 1. The Bertz CT molecular complexity index is 750. The van der Waals surface area contributed by atoms with Crippen LogP contribution in [0, 0.1) is 17.8 Å². The molecular weight excluding hydrogens is 278 g/mol. The van der Waals surface area contributed by atoms with Crippen molar-refractivity contribution in [1.29, 1.82) is 0 Å². The average molecular weight is 295 g/mol. The molecule has 2 nitrogen and oxygen atoms in total. The lowest BCUT2D eigenvalue weighted by molar-refractivity contribution is 0.290. The van der Waals surface area contributed by atoms with E-state index in [0.717, 1.165) is 22.5 Å². The third-order valence-corrected chi connectivity index (χ3v) is 5.66. The molecule has 1 heterocycles. The standard InChI is InChI=1S/C18H17NOS/c1-11-13-7-3-2-6-12(13)10-15(20)17(11)18-19-14-8-4-5-9-16(14)21-18/h2-9,11-13,20H,10H2,1H3. The summed E-state index contributed by atoms with van der Waals surface area (Å²) in [6.07, 6.45) is 9.42.